The van der Waals surface area contributed by atoms with Crippen LogP contribution in [0.2, 0.25) is 0 Å². The predicted octanol–water partition coefficient (Wildman–Crippen LogP) is 4.41. The summed E-state index contributed by atoms with van der Waals surface area (Å²) >= 11 is 0. The molecule has 0 aliphatic carbocycles. The third-order valence-electron chi connectivity index (χ3n) is 3.30. The molecular weight excluding hydrogens is 360 g/mol. The number of hydrogen-bond donors (Lipinski definition) is 2. The summed E-state index contributed by atoms with van der Waals surface area (Å²) in [5.74, 6) is 0.250. The molecule has 2 rings (SSSR count). The van der Waals surface area contributed by atoms with Gasteiger partial charge in [0.2, 0.25) is 0 Å². The second-order valence-electron chi connectivity index (χ2n) is 7.08. The first-order chi connectivity index (χ1) is 13.2. The number of esters is 2. The summed E-state index contributed by atoms with van der Waals surface area (Å²) in [5, 5.41) is 18.0. The molecule has 0 spiro atoms. The van der Waals surface area contributed by atoms with Gasteiger partial charge in [0.05, 0.1) is 24.3 Å². The average Bonchev–Trinajstić information content (AvgIpc) is 2.65. The first kappa shape index (κ1) is 23.0. The van der Waals surface area contributed by atoms with Gasteiger partial charge in [0.15, 0.2) is 0 Å². The molecule has 0 aromatic heterocycles. The number of aromatic hydroxyl groups is 2. The minimum absolute atomic E-state index is 0.144. The van der Waals surface area contributed by atoms with E-state index in [-0.39, 0.29) is 23.4 Å². The Bertz CT molecular complexity index is 667. The fraction of sp³-hybridized carbons (Fsp3) is 0.364. The van der Waals surface area contributed by atoms with Crippen LogP contribution in [-0.4, -0.2) is 35.4 Å². The Labute approximate surface area is 165 Å². The number of phenolic OH excluding ortho intramolecular Hbond substituents is 2. The van der Waals surface area contributed by atoms with Crippen molar-refractivity contribution in [1.82, 2.24) is 0 Å². The molecule has 0 bridgehead atoms. The van der Waals surface area contributed by atoms with Crippen LogP contribution in [0.15, 0.2) is 48.5 Å². The minimum atomic E-state index is -0.348. The molecule has 2 N–H and O–H groups in total. The standard InChI is InChI=1S/2C11H14O3/c2*1-8(2)7-14-11(13)9-3-5-10(12)6-4-9/h2*3-6,8,12H,7H2,1-2H3. The van der Waals surface area contributed by atoms with Crippen molar-refractivity contribution < 1.29 is 29.3 Å². The van der Waals surface area contributed by atoms with Crippen molar-refractivity contribution in [3.05, 3.63) is 59.7 Å². The molecule has 0 heterocycles. The molecule has 0 unspecified atom stereocenters. The van der Waals surface area contributed by atoms with Gasteiger partial charge < -0.3 is 19.7 Å². The molecule has 6 nitrogen and oxygen atoms in total. The Morgan fingerprint density at radius 2 is 0.964 bits per heavy atom. The smallest absolute Gasteiger partial charge is 0.338 e. The molecule has 0 fully saturated rings. The van der Waals surface area contributed by atoms with Gasteiger partial charge in [-0.1, -0.05) is 27.7 Å². The lowest BCUT2D eigenvalue weighted by Gasteiger charge is -2.06. The van der Waals surface area contributed by atoms with Crippen LogP contribution in [0, 0.1) is 11.8 Å². The van der Waals surface area contributed by atoms with E-state index in [9.17, 15) is 9.59 Å². The van der Waals surface area contributed by atoms with Gasteiger partial charge in [-0.05, 0) is 60.4 Å². The molecule has 2 aromatic rings. The Hall–Kier alpha value is -3.02. The Kier molecular flexibility index (Phi) is 9.57. The first-order valence-electron chi connectivity index (χ1n) is 9.11. The number of carbonyl (C=O) groups is 2. The molecule has 0 saturated carbocycles. The summed E-state index contributed by atoms with van der Waals surface area (Å²) in [5.41, 5.74) is 0.923. The zero-order chi connectivity index (χ0) is 21.1. The molecule has 6 heteroatoms. The quantitative estimate of drug-likeness (QED) is 0.712. The molecular formula is C22H28O6. The highest BCUT2D eigenvalue weighted by Gasteiger charge is 2.08. The van der Waals surface area contributed by atoms with Gasteiger partial charge >= 0.3 is 11.9 Å². The molecule has 0 amide bonds. The van der Waals surface area contributed by atoms with Crippen LogP contribution in [0.4, 0.5) is 0 Å². The highest BCUT2D eigenvalue weighted by molar-refractivity contribution is 5.89. The molecule has 0 aliphatic heterocycles. The molecule has 0 radical (unpaired) electrons. The summed E-state index contributed by atoms with van der Waals surface area (Å²) in [4.78, 5) is 22.7. The highest BCUT2D eigenvalue weighted by atomic mass is 16.5. The van der Waals surface area contributed by atoms with Crippen LogP contribution >= 0.6 is 0 Å². The third kappa shape index (κ3) is 9.07. The van der Waals surface area contributed by atoms with E-state index in [0.29, 0.717) is 36.2 Å². The van der Waals surface area contributed by atoms with E-state index in [4.69, 9.17) is 19.7 Å². The van der Waals surface area contributed by atoms with Crippen LogP contribution < -0.4 is 0 Å². The first-order valence-corrected chi connectivity index (χ1v) is 9.11. The predicted molar refractivity (Wildman–Crippen MR) is 106 cm³/mol. The Morgan fingerprint density at radius 3 is 1.21 bits per heavy atom. The van der Waals surface area contributed by atoms with Crippen LogP contribution in [0.1, 0.15) is 48.4 Å². The van der Waals surface area contributed by atoms with E-state index in [0.717, 1.165) is 0 Å². The zero-order valence-electron chi connectivity index (χ0n) is 16.7. The van der Waals surface area contributed by atoms with Gasteiger partial charge in [0.25, 0.3) is 0 Å². The number of hydrogen-bond acceptors (Lipinski definition) is 6. The summed E-state index contributed by atoms with van der Waals surface area (Å²) in [6.45, 7) is 8.74. The van der Waals surface area contributed by atoms with Crippen molar-refractivity contribution in [2.75, 3.05) is 13.2 Å². The van der Waals surface area contributed by atoms with Gasteiger partial charge in [0.1, 0.15) is 11.5 Å². The largest absolute Gasteiger partial charge is 0.508 e. The number of benzene rings is 2. The zero-order valence-corrected chi connectivity index (χ0v) is 16.7. The second-order valence-corrected chi connectivity index (χ2v) is 7.08. The summed E-state index contributed by atoms with van der Waals surface area (Å²) in [7, 11) is 0. The molecule has 0 aliphatic rings. The number of rotatable bonds is 6. The average molecular weight is 388 g/mol. The van der Waals surface area contributed by atoms with Gasteiger partial charge in [-0.2, -0.15) is 0 Å². The van der Waals surface area contributed by atoms with E-state index in [2.05, 4.69) is 0 Å². The molecule has 0 saturated heterocycles. The monoisotopic (exact) mass is 388 g/mol. The molecule has 152 valence electrons. The van der Waals surface area contributed by atoms with Crippen LogP contribution in [0.5, 0.6) is 11.5 Å². The van der Waals surface area contributed by atoms with Crippen molar-refractivity contribution >= 4 is 11.9 Å². The lowest BCUT2D eigenvalue weighted by molar-refractivity contribution is 0.0450. The third-order valence-corrected chi connectivity index (χ3v) is 3.30. The topological polar surface area (TPSA) is 93.1 Å². The Balaban J connectivity index is 0.000000280. The van der Waals surface area contributed by atoms with E-state index >= 15 is 0 Å². The maximum Gasteiger partial charge on any atom is 0.338 e. The van der Waals surface area contributed by atoms with E-state index in [1.807, 2.05) is 27.7 Å². The van der Waals surface area contributed by atoms with Crippen molar-refractivity contribution in [3.63, 3.8) is 0 Å². The van der Waals surface area contributed by atoms with Crippen molar-refractivity contribution in [3.8, 4) is 11.5 Å². The Morgan fingerprint density at radius 1 is 0.679 bits per heavy atom. The maximum absolute atomic E-state index is 11.4. The fourth-order valence-corrected chi connectivity index (χ4v) is 1.85. The molecule has 2 aromatic carbocycles. The maximum atomic E-state index is 11.4. The number of carbonyl (C=O) groups excluding carboxylic acids is 2. The van der Waals surface area contributed by atoms with Crippen LogP contribution in [0.3, 0.4) is 0 Å². The van der Waals surface area contributed by atoms with Crippen LogP contribution in [0.25, 0.3) is 0 Å². The molecule has 28 heavy (non-hydrogen) atoms. The van der Waals surface area contributed by atoms with Crippen molar-refractivity contribution in [2.24, 2.45) is 11.8 Å². The van der Waals surface area contributed by atoms with E-state index in [1.165, 1.54) is 48.5 Å². The van der Waals surface area contributed by atoms with Gasteiger partial charge in [0, 0.05) is 0 Å². The molecule has 0 atom stereocenters. The van der Waals surface area contributed by atoms with Crippen molar-refractivity contribution in [1.29, 1.82) is 0 Å². The minimum Gasteiger partial charge on any atom is -0.508 e. The van der Waals surface area contributed by atoms with Gasteiger partial charge in [-0.3, -0.25) is 0 Å². The van der Waals surface area contributed by atoms with E-state index < -0.39 is 0 Å². The summed E-state index contributed by atoms with van der Waals surface area (Å²) in [6.07, 6.45) is 0. The summed E-state index contributed by atoms with van der Waals surface area (Å²) < 4.78 is 10.0. The lowest BCUT2D eigenvalue weighted by atomic mass is 10.2. The normalized spacial score (nSPS) is 10.2. The second kappa shape index (κ2) is 11.6. The number of phenols is 2. The van der Waals surface area contributed by atoms with E-state index in [1.54, 1.807) is 0 Å². The van der Waals surface area contributed by atoms with Gasteiger partial charge in [-0.15, -0.1) is 0 Å². The fourth-order valence-electron chi connectivity index (χ4n) is 1.85. The highest BCUT2D eigenvalue weighted by Crippen LogP contribution is 2.11. The van der Waals surface area contributed by atoms with Crippen molar-refractivity contribution in [2.45, 2.75) is 27.7 Å². The lowest BCUT2D eigenvalue weighted by Crippen LogP contribution is -2.09. The van der Waals surface area contributed by atoms with Gasteiger partial charge in [-0.25, -0.2) is 9.59 Å². The summed E-state index contributed by atoms with van der Waals surface area (Å²) in [6, 6.07) is 12.0. The SMILES string of the molecule is CC(C)COC(=O)c1ccc(O)cc1.CC(C)COC(=O)c1ccc(O)cc1. The number of ether oxygens (including phenoxy) is 2. The van der Waals surface area contributed by atoms with Crippen LogP contribution in [-0.2, 0) is 9.47 Å².